The Hall–Kier alpha value is -1.38. The molecule has 0 radical (unpaired) electrons. The van der Waals surface area contributed by atoms with Gasteiger partial charge in [-0.3, -0.25) is 4.79 Å². The van der Waals surface area contributed by atoms with Gasteiger partial charge in [0.1, 0.15) is 0 Å². The summed E-state index contributed by atoms with van der Waals surface area (Å²) in [4.78, 5) is 13.2. The molecule has 1 N–H and O–H groups in total. The molecule has 1 aromatic carbocycles. The van der Waals surface area contributed by atoms with E-state index in [-0.39, 0.29) is 24.2 Å². The number of alkyl halides is 3. The van der Waals surface area contributed by atoms with Gasteiger partial charge in [0.25, 0.3) is 0 Å². The molecule has 1 aliphatic heterocycles. The van der Waals surface area contributed by atoms with Crippen LogP contribution in [0.25, 0.3) is 0 Å². The Morgan fingerprint density at radius 3 is 2.38 bits per heavy atom. The number of piperidine rings is 1. The van der Waals surface area contributed by atoms with Gasteiger partial charge < -0.3 is 14.6 Å². The van der Waals surface area contributed by atoms with E-state index < -0.39 is 26.4 Å². The maximum absolute atomic E-state index is 13.3. The zero-order chi connectivity index (χ0) is 21.9. The van der Waals surface area contributed by atoms with E-state index in [2.05, 4.69) is 39.2 Å². The highest BCUT2D eigenvalue weighted by Crippen LogP contribution is 2.36. The smallest absolute Gasteiger partial charge is 0.415 e. The Morgan fingerprint density at radius 1 is 1.21 bits per heavy atom. The lowest BCUT2D eigenvalue weighted by molar-refractivity contribution is -0.189. The van der Waals surface area contributed by atoms with Crippen molar-refractivity contribution < 1.29 is 22.4 Å². The molecule has 0 unspecified atom stereocenters. The average molecular weight is 431 g/mol. The standard InChI is InChI=1S/C21H33F3N2O2Si/c1-20(2,3)29(4,5)28-14-13-26(19(27)21(22,23)24)17-11-12-25-18(15-17)16-9-7-6-8-10-16/h6-10,17-18,25H,11-15H2,1-5H3/t17-,18+/m1/s1. The second-order valence-electron chi connectivity index (χ2n) is 9.20. The number of amides is 1. The summed E-state index contributed by atoms with van der Waals surface area (Å²) < 4.78 is 45.9. The molecule has 8 heteroatoms. The van der Waals surface area contributed by atoms with E-state index in [1.807, 2.05) is 30.3 Å². The minimum Gasteiger partial charge on any atom is -0.415 e. The Balaban J connectivity index is 2.12. The van der Waals surface area contributed by atoms with Crippen molar-refractivity contribution in [2.24, 2.45) is 0 Å². The van der Waals surface area contributed by atoms with Crippen molar-refractivity contribution in [1.29, 1.82) is 0 Å². The van der Waals surface area contributed by atoms with Crippen molar-refractivity contribution in [3.63, 3.8) is 0 Å². The molecule has 4 nitrogen and oxygen atoms in total. The summed E-state index contributed by atoms with van der Waals surface area (Å²) in [7, 11) is -2.10. The van der Waals surface area contributed by atoms with E-state index in [0.29, 0.717) is 19.4 Å². The van der Waals surface area contributed by atoms with Crippen LogP contribution < -0.4 is 5.32 Å². The summed E-state index contributed by atoms with van der Waals surface area (Å²) in [6.07, 6.45) is -3.94. The van der Waals surface area contributed by atoms with Gasteiger partial charge in [-0.1, -0.05) is 51.1 Å². The number of hydrogen-bond acceptors (Lipinski definition) is 3. The summed E-state index contributed by atoms with van der Waals surface area (Å²) in [6, 6.07) is 9.09. The molecule has 1 aromatic rings. The highest BCUT2D eigenvalue weighted by Gasteiger charge is 2.45. The van der Waals surface area contributed by atoms with Gasteiger partial charge in [0.2, 0.25) is 0 Å². The first kappa shape index (κ1) is 23.9. The number of nitrogens with one attached hydrogen (secondary N) is 1. The Morgan fingerprint density at radius 2 is 1.83 bits per heavy atom. The third-order valence-electron chi connectivity index (χ3n) is 6.12. The van der Waals surface area contributed by atoms with E-state index in [0.717, 1.165) is 10.5 Å². The van der Waals surface area contributed by atoms with Crippen LogP contribution in [0.15, 0.2) is 30.3 Å². The van der Waals surface area contributed by atoms with Crippen LogP contribution in [-0.2, 0) is 9.22 Å². The lowest BCUT2D eigenvalue weighted by Crippen LogP contribution is -2.53. The fraction of sp³-hybridized carbons (Fsp3) is 0.667. The van der Waals surface area contributed by atoms with Crippen molar-refractivity contribution in [1.82, 2.24) is 10.2 Å². The van der Waals surface area contributed by atoms with Gasteiger partial charge in [0.05, 0.1) is 6.61 Å². The van der Waals surface area contributed by atoms with Crippen molar-refractivity contribution >= 4 is 14.2 Å². The monoisotopic (exact) mass is 430 g/mol. The van der Waals surface area contributed by atoms with Gasteiger partial charge >= 0.3 is 12.1 Å². The zero-order valence-electron chi connectivity index (χ0n) is 18.0. The Labute approximate surface area is 172 Å². The molecule has 2 rings (SSSR count). The van der Waals surface area contributed by atoms with Crippen LogP contribution in [0.4, 0.5) is 13.2 Å². The van der Waals surface area contributed by atoms with Crippen LogP contribution in [0.2, 0.25) is 18.1 Å². The van der Waals surface area contributed by atoms with Crippen LogP contribution >= 0.6 is 0 Å². The van der Waals surface area contributed by atoms with Crippen molar-refractivity contribution in [2.75, 3.05) is 19.7 Å². The number of nitrogens with zero attached hydrogens (tertiary/aromatic N) is 1. The van der Waals surface area contributed by atoms with Crippen LogP contribution in [-0.4, -0.2) is 51.0 Å². The average Bonchev–Trinajstić information content (AvgIpc) is 2.64. The number of rotatable bonds is 6. The molecule has 0 spiro atoms. The molecule has 1 fully saturated rings. The molecule has 0 aliphatic carbocycles. The molecule has 0 aromatic heterocycles. The van der Waals surface area contributed by atoms with Crippen LogP contribution in [0.3, 0.4) is 0 Å². The first-order valence-corrected chi connectivity index (χ1v) is 13.0. The van der Waals surface area contributed by atoms with Crippen LogP contribution in [0.5, 0.6) is 0 Å². The van der Waals surface area contributed by atoms with E-state index in [9.17, 15) is 18.0 Å². The lowest BCUT2D eigenvalue weighted by Gasteiger charge is -2.40. The van der Waals surface area contributed by atoms with E-state index in [1.54, 1.807) is 0 Å². The zero-order valence-corrected chi connectivity index (χ0v) is 19.0. The number of carbonyl (C=O) groups excluding carboxylic acids is 1. The van der Waals surface area contributed by atoms with Gasteiger partial charge in [0.15, 0.2) is 8.32 Å². The number of hydrogen-bond donors (Lipinski definition) is 1. The molecule has 0 saturated carbocycles. The summed E-state index contributed by atoms with van der Waals surface area (Å²) in [5.41, 5.74) is 1.02. The Bertz CT molecular complexity index is 675. The van der Waals surface area contributed by atoms with Crippen molar-refractivity contribution in [3.05, 3.63) is 35.9 Å². The fourth-order valence-corrected chi connectivity index (χ4v) is 4.38. The summed E-state index contributed by atoms with van der Waals surface area (Å²) in [5, 5.41) is 3.31. The van der Waals surface area contributed by atoms with Gasteiger partial charge in [-0.2, -0.15) is 13.2 Å². The first-order valence-electron chi connectivity index (χ1n) is 10.1. The first-order chi connectivity index (χ1) is 13.3. The third kappa shape index (κ3) is 6.30. The Kier molecular flexibility index (Phi) is 7.56. The van der Waals surface area contributed by atoms with Crippen LogP contribution in [0, 0.1) is 0 Å². The van der Waals surface area contributed by atoms with Crippen molar-refractivity contribution in [3.8, 4) is 0 Å². The molecule has 29 heavy (non-hydrogen) atoms. The van der Waals surface area contributed by atoms with E-state index in [4.69, 9.17) is 4.43 Å². The molecule has 1 heterocycles. The normalized spacial score (nSPS) is 21.1. The molecular weight excluding hydrogens is 397 g/mol. The topological polar surface area (TPSA) is 41.6 Å². The summed E-state index contributed by atoms with van der Waals surface area (Å²) >= 11 is 0. The second-order valence-corrected chi connectivity index (χ2v) is 14.0. The maximum atomic E-state index is 13.3. The van der Waals surface area contributed by atoms with Crippen molar-refractivity contribution in [2.45, 2.75) is 70.0 Å². The van der Waals surface area contributed by atoms with Gasteiger partial charge in [-0.25, -0.2) is 0 Å². The number of carbonyl (C=O) groups is 1. The summed E-state index contributed by atoms with van der Waals surface area (Å²) in [6.45, 7) is 11.0. The van der Waals surface area contributed by atoms with E-state index in [1.165, 1.54) is 0 Å². The van der Waals surface area contributed by atoms with Gasteiger partial charge in [-0.05, 0) is 43.1 Å². The minimum absolute atomic E-state index is 0.0426. The molecule has 1 saturated heterocycles. The highest BCUT2D eigenvalue weighted by molar-refractivity contribution is 6.74. The third-order valence-corrected chi connectivity index (χ3v) is 10.7. The second kappa shape index (κ2) is 9.18. The quantitative estimate of drug-likeness (QED) is 0.653. The predicted molar refractivity (Wildman–Crippen MR) is 111 cm³/mol. The lowest BCUT2D eigenvalue weighted by atomic mass is 9.92. The van der Waals surface area contributed by atoms with E-state index >= 15 is 0 Å². The fourth-order valence-electron chi connectivity index (χ4n) is 3.35. The minimum atomic E-state index is -4.88. The van der Waals surface area contributed by atoms with Gasteiger partial charge in [0, 0.05) is 18.6 Å². The van der Waals surface area contributed by atoms with Gasteiger partial charge in [-0.15, -0.1) is 0 Å². The number of benzene rings is 1. The molecular formula is C21H33F3N2O2Si. The highest BCUT2D eigenvalue weighted by atomic mass is 28.4. The summed E-state index contributed by atoms with van der Waals surface area (Å²) in [5.74, 6) is -1.77. The molecule has 0 bridgehead atoms. The predicted octanol–water partition coefficient (Wildman–Crippen LogP) is 4.89. The molecule has 2 atom stereocenters. The number of halogens is 3. The maximum Gasteiger partial charge on any atom is 0.471 e. The molecule has 1 amide bonds. The molecule has 164 valence electrons. The SMILES string of the molecule is CC(C)(C)[Si](C)(C)OCCN(C(=O)C(F)(F)F)[C@@H]1CCN[C@H](c2ccccc2)C1. The van der Waals surface area contributed by atoms with Crippen LogP contribution in [0.1, 0.15) is 45.2 Å². The largest absolute Gasteiger partial charge is 0.471 e. The molecule has 1 aliphatic rings.